The summed E-state index contributed by atoms with van der Waals surface area (Å²) in [4.78, 5) is -1.32. The molecule has 0 saturated heterocycles. The van der Waals surface area contributed by atoms with E-state index < -0.39 is 43.1 Å². The van der Waals surface area contributed by atoms with Crippen molar-refractivity contribution in [3.8, 4) is 5.75 Å². The molecular weight excluding hydrogens is 271 g/mol. The molecule has 0 unspecified atom stereocenters. The molecule has 9 heteroatoms. The van der Waals surface area contributed by atoms with Gasteiger partial charge in [0.05, 0.1) is 7.11 Å². The first-order chi connectivity index (χ1) is 7.21. The molecule has 0 saturated carbocycles. The summed E-state index contributed by atoms with van der Waals surface area (Å²) in [5.41, 5.74) is 0. The Bertz CT molecular complexity index is 547. The van der Waals surface area contributed by atoms with Crippen LogP contribution in [0.4, 0.5) is 13.2 Å². The fourth-order valence-corrected chi connectivity index (χ4v) is 2.04. The van der Waals surface area contributed by atoms with Crippen LogP contribution in [0.5, 0.6) is 5.75 Å². The predicted octanol–water partition coefficient (Wildman–Crippen LogP) is 1.41. The molecule has 0 atom stereocenters. The summed E-state index contributed by atoms with van der Waals surface area (Å²) in [6.45, 7) is 0. The second-order valence-corrected chi connectivity index (χ2v) is 4.54. The Morgan fingerprint density at radius 2 is 1.69 bits per heavy atom. The third-order valence-electron chi connectivity index (χ3n) is 1.67. The van der Waals surface area contributed by atoms with Gasteiger partial charge < -0.3 is 4.74 Å². The molecule has 0 aromatic heterocycles. The lowest BCUT2D eigenvalue weighted by atomic mass is 10.3. The van der Waals surface area contributed by atoms with Crippen molar-refractivity contribution in [1.29, 1.82) is 0 Å². The van der Waals surface area contributed by atoms with Crippen molar-refractivity contribution in [2.24, 2.45) is 5.14 Å². The molecule has 2 N–H and O–H groups in total. The Hall–Kier alpha value is -0.990. The number of nitrogens with two attached hydrogens (primary N) is 1. The van der Waals surface area contributed by atoms with Gasteiger partial charge >= 0.3 is 0 Å². The highest BCUT2D eigenvalue weighted by molar-refractivity contribution is 7.89. The van der Waals surface area contributed by atoms with E-state index in [1.165, 1.54) is 0 Å². The van der Waals surface area contributed by atoms with Crippen molar-refractivity contribution < 1.29 is 26.3 Å². The Morgan fingerprint density at radius 1 is 1.19 bits per heavy atom. The second kappa shape index (κ2) is 4.11. The van der Waals surface area contributed by atoms with E-state index in [1.54, 1.807) is 0 Å². The zero-order chi connectivity index (χ0) is 12.7. The van der Waals surface area contributed by atoms with E-state index in [1.807, 2.05) is 0 Å². The minimum absolute atomic E-state index is 0.833. The first-order valence-electron chi connectivity index (χ1n) is 3.64. The fourth-order valence-electron chi connectivity index (χ4n) is 1.03. The van der Waals surface area contributed by atoms with Gasteiger partial charge in [0.1, 0.15) is 5.02 Å². The van der Waals surface area contributed by atoms with E-state index in [9.17, 15) is 21.6 Å². The minimum Gasteiger partial charge on any atom is -0.492 e. The van der Waals surface area contributed by atoms with E-state index in [4.69, 9.17) is 11.6 Å². The van der Waals surface area contributed by atoms with Crippen LogP contribution in [0.2, 0.25) is 5.02 Å². The summed E-state index contributed by atoms with van der Waals surface area (Å²) in [6, 6.07) is 0. The average Bonchev–Trinajstić information content (AvgIpc) is 2.18. The Kier molecular flexibility index (Phi) is 3.36. The second-order valence-electron chi connectivity index (χ2n) is 2.66. The van der Waals surface area contributed by atoms with Crippen LogP contribution in [0.15, 0.2) is 4.90 Å². The van der Waals surface area contributed by atoms with Gasteiger partial charge in [-0.1, -0.05) is 11.6 Å². The van der Waals surface area contributed by atoms with Crippen LogP contribution in [0.25, 0.3) is 0 Å². The molecule has 0 radical (unpaired) electrons. The van der Waals surface area contributed by atoms with Crippen molar-refractivity contribution in [1.82, 2.24) is 0 Å². The van der Waals surface area contributed by atoms with Gasteiger partial charge in [-0.05, 0) is 0 Å². The average molecular weight is 276 g/mol. The number of benzene rings is 1. The van der Waals surface area contributed by atoms with Crippen LogP contribution in [0.1, 0.15) is 0 Å². The highest BCUT2D eigenvalue weighted by atomic mass is 35.5. The maximum Gasteiger partial charge on any atom is 0.244 e. The smallest absolute Gasteiger partial charge is 0.244 e. The van der Waals surface area contributed by atoms with E-state index in [0.29, 0.717) is 0 Å². The van der Waals surface area contributed by atoms with Crippen molar-refractivity contribution in [2.45, 2.75) is 4.90 Å². The van der Waals surface area contributed by atoms with E-state index in [2.05, 4.69) is 9.88 Å². The number of rotatable bonds is 2. The van der Waals surface area contributed by atoms with Gasteiger partial charge in [-0.3, -0.25) is 0 Å². The van der Waals surface area contributed by atoms with E-state index in [0.717, 1.165) is 7.11 Å². The maximum atomic E-state index is 13.3. The topological polar surface area (TPSA) is 69.4 Å². The van der Waals surface area contributed by atoms with Gasteiger partial charge in [0.2, 0.25) is 15.8 Å². The monoisotopic (exact) mass is 275 g/mol. The molecule has 0 heterocycles. The third kappa shape index (κ3) is 1.95. The first-order valence-corrected chi connectivity index (χ1v) is 5.57. The van der Waals surface area contributed by atoms with Gasteiger partial charge in [-0.25, -0.2) is 22.3 Å². The van der Waals surface area contributed by atoms with E-state index >= 15 is 0 Å². The molecule has 90 valence electrons. The molecule has 1 aromatic rings. The number of hydrogen-bond donors (Lipinski definition) is 1. The quantitative estimate of drug-likeness (QED) is 0.655. The van der Waals surface area contributed by atoms with Gasteiger partial charge in [0.15, 0.2) is 22.3 Å². The number of hydrogen-bond acceptors (Lipinski definition) is 3. The molecular formula is C7H5ClF3NO3S. The molecule has 0 aliphatic carbocycles. The predicted molar refractivity (Wildman–Crippen MR) is 49.3 cm³/mol. The summed E-state index contributed by atoms with van der Waals surface area (Å²) < 4.78 is 65.6. The molecule has 0 aliphatic rings. The molecule has 0 aliphatic heterocycles. The van der Waals surface area contributed by atoms with Crippen LogP contribution < -0.4 is 9.88 Å². The van der Waals surface area contributed by atoms with Gasteiger partial charge in [-0.2, -0.15) is 4.39 Å². The summed E-state index contributed by atoms with van der Waals surface area (Å²) in [7, 11) is -3.80. The van der Waals surface area contributed by atoms with Crippen LogP contribution >= 0.6 is 11.6 Å². The molecule has 0 amide bonds. The molecule has 4 nitrogen and oxygen atoms in total. The number of halogens is 4. The number of ether oxygens (including phenoxy) is 1. The van der Waals surface area contributed by atoms with Gasteiger partial charge in [0.25, 0.3) is 0 Å². The summed E-state index contributed by atoms with van der Waals surface area (Å²) in [5, 5.41) is 3.32. The summed E-state index contributed by atoms with van der Waals surface area (Å²) in [6.07, 6.45) is 0. The van der Waals surface area contributed by atoms with Crippen LogP contribution in [-0.2, 0) is 10.0 Å². The van der Waals surface area contributed by atoms with Crippen LogP contribution in [0.3, 0.4) is 0 Å². The van der Waals surface area contributed by atoms with Crippen molar-refractivity contribution in [2.75, 3.05) is 7.11 Å². The highest BCUT2D eigenvalue weighted by Gasteiger charge is 2.30. The highest BCUT2D eigenvalue weighted by Crippen LogP contribution is 2.35. The zero-order valence-electron chi connectivity index (χ0n) is 7.72. The Morgan fingerprint density at radius 3 is 2.06 bits per heavy atom. The third-order valence-corrected chi connectivity index (χ3v) is 2.94. The molecule has 1 aromatic carbocycles. The number of primary sulfonamides is 1. The fraction of sp³-hybridized carbons (Fsp3) is 0.143. The van der Waals surface area contributed by atoms with Gasteiger partial charge in [0, 0.05) is 0 Å². The maximum absolute atomic E-state index is 13.3. The first kappa shape index (κ1) is 13.1. The standard InChI is InChI=1S/C7H5ClF3NO3S/c1-15-6-5(11)3(9)2(8)4(10)7(6)16(12,13)14/h1H3,(H2,12,13,14). The lowest BCUT2D eigenvalue weighted by molar-refractivity contribution is 0.351. The molecule has 0 spiro atoms. The molecule has 16 heavy (non-hydrogen) atoms. The number of methoxy groups -OCH3 is 1. The van der Waals surface area contributed by atoms with E-state index in [-0.39, 0.29) is 0 Å². The molecule has 0 bridgehead atoms. The number of sulfonamides is 1. The van der Waals surface area contributed by atoms with Crippen LogP contribution in [0, 0.1) is 17.5 Å². The molecule has 1 rings (SSSR count). The minimum atomic E-state index is -4.63. The largest absolute Gasteiger partial charge is 0.492 e. The Balaban J connectivity index is 3.87. The normalized spacial score (nSPS) is 11.6. The SMILES string of the molecule is COc1c(F)c(F)c(Cl)c(F)c1S(N)(=O)=O. The summed E-state index contributed by atoms with van der Waals surface area (Å²) in [5.74, 6) is -6.32. The summed E-state index contributed by atoms with van der Waals surface area (Å²) >= 11 is 5.06. The Labute approximate surface area is 93.8 Å². The lowest BCUT2D eigenvalue weighted by Gasteiger charge is -2.10. The zero-order valence-corrected chi connectivity index (χ0v) is 9.29. The van der Waals surface area contributed by atoms with Crippen LogP contribution in [-0.4, -0.2) is 15.5 Å². The van der Waals surface area contributed by atoms with Crippen molar-refractivity contribution in [3.63, 3.8) is 0 Å². The van der Waals surface area contributed by atoms with Gasteiger partial charge in [-0.15, -0.1) is 0 Å². The van der Waals surface area contributed by atoms with Crippen molar-refractivity contribution in [3.05, 3.63) is 22.5 Å². The lowest BCUT2D eigenvalue weighted by Crippen LogP contribution is -2.17. The molecule has 0 fully saturated rings. The van der Waals surface area contributed by atoms with Crippen molar-refractivity contribution >= 4 is 21.6 Å².